The Balaban J connectivity index is 2.71. The lowest BCUT2D eigenvalue weighted by molar-refractivity contribution is -0.134. The molecule has 19 heavy (non-hydrogen) atoms. The van der Waals surface area contributed by atoms with E-state index < -0.39 is 0 Å². The number of hydrogen-bond donors (Lipinski definition) is 1. The number of unbranched alkanes of at least 4 members (excludes halogenated alkanes) is 1. The maximum atomic E-state index is 12.5. The van der Waals surface area contributed by atoms with E-state index in [1.165, 1.54) is 0 Å². The van der Waals surface area contributed by atoms with Crippen LogP contribution in [0.5, 0.6) is 0 Å². The highest BCUT2D eigenvalue weighted by Crippen LogP contribution is 2.23. The third-order valence-electron chi connectivity index (χ3n) is 3.74. The number of hydrogen-bond acceptors (Lipinski definition) is 3. The van der Waals surface area contributed by atoms with Crippen LogP contribution >= 0.6 is 0 Å². The predicted molar refractivity (Wildman–Crippen MR) is 77.9 cm³/mol. The molecule has 1 heterocycles. The van der Waals surface area contributed by atoms with Crippen LogP contribution in [0.1, 0.15) is 53.9 Å². The lowest BCUT2D eigenvalue weighted by atomic mass is 10.1. The Kier molecular flexibility index (Phi) is 6.80. The highest BCUT2D eigenvalue weighted by molar-refractivity contribution is 5.84. The summed E-state index contributed by atoms with van der Waals surface area (Å²) in [6.45, 7) is 11.9. The van der Waals surface area contributed by atoms with E-state index in [0.717, 1.165) is 19.3 Å². The summed E-state index contributed by atoms with van der Waals surface area (Å²) >= 11 is 0. The molecular formula is C15H30N2O2. The van der Waals surface area contributed by atoms with Crippen molar-refractivity contribution in [2.24, 2.45) is 5.92 Å². The van der Waals surface area contributed by atoms with Gasteiger partial charge in [-0.05, 0) is 26.2 Å². The van der Waals surface area contributed by atoms with Crippen molar-refractivity contribution in [3.8, 4) is 0 Å². The molecular weight excluding hydrogens is 240 g/mol. The predicted octanol–water partition coefficient (Wildman–Crippen LogP) is 2.38. The molecule has 1 N–H and O–H groups in total. The van der Waals surface area contributed by atoms with Crippen LogP contribution in [-0.4, -0.2) is 42.3 Å². The van der Waals surface area contributed by atoms with E-state index in [4.69, 9.17) is 4.74 Å². The molecule has 4 nitrogen and oxygen atoms in total. The third-order valence-corrected chi connectivity index (χ3v) is 3.74. The van der Waals surface area contributed by atoms with Gasteiger partial charge in [-0.15, -0.1) is 0 Å². The van der Waals surface area contributed by atoms with Crippen molar-refractivity contribution in [1.29, 1.82) is 0 Å². The zero-order chi connectivity index (χ0) is 14.4. The summed E-state index contributed by atoms with van der Waals surface area (Å²) in [6.07, 6.45) is 3.31. The SMILES string of the molecule is CCCCC1NC(C(C)C)N(C(C)COCC)C1=O. The third kappa shape index (κ3) is 4.18. The van der Waals surface area contributed by atoms with Gasteiger partial charge in [-0.1, -0.05) is 33.6 Å². The minimum absolute atomic E-state index is 0.00331. The molecule has 0 aromatic rings. The van der Waals surface area contributed by atoms with Gasteiger partial charge in [-0.3, -0.25) is 10.1 Å². The fourth-order valence-corrected chi connectivity index (χ4v) is 2.66. The molecule has 0 radical (unpaired) electrons. The number of nitrogens with zero attached hydrogens (tertiary/aromatic N) is 1. The van der Waals surface area contributed by atoms with Gasteiger partial charge in [-0.25, -0.2) is 0 Å². The second kappa shape index (κ2) is 7.85. The first-order chi connectivity index (χ1) is 9.02. The first-order valence-corrected chi connectivity index (χ1v) is 7.68. The van der Waals surface area contributed by atoms with Crippen molar-refractivity contribution in [3.63, 3.8) is 0 Å². The number of nitrogens with one attached hydrogen (secondary N) is 1. The summed E-state index contributed by atoms with van der Waals surface area (Å²) in [5, 5.41) is 3.50. The molecule has 0 aromatic heterocycles. The molecule has 1 amide bonds. The van der Waals surface area contributed by atoms with Crippen molar-refractivity contribution in [3.05, 3.63) is 0 Å². The maximum Gasteiger partial charge on any atom is 0.241 e. The van der Waals surface area contributed by atoms with Gasteiger partial charge in [0.1, 0.15) is 0 Å². The van der Waals surface area contributed by atoms with E-state index in [-0.39, 0.29) is 24.2 Å². The Morgan fingerprint density at radius 3 is 2.53 bits per heavy atom. The van der Waals surface area contributed by atoms with Crippen molar-refractivity contribution in [2.75, 3.05) is 13.2 Å². The molecule has 0 spiro atoms. The van der Waals surface area contributed by atoms with E-state index in [2.05, 4.69) is 33.0 Å². The lowest BCUT2D eigenvalue weighted by Crippen LogP contribution is -2.47. The number of carbonyl (C=O) groups is 1. The minimum atomic E-state index is -0.00331. The van der Waals surface area contributed by atoms with Gasteiger partial charge < -0.3 is 9.64 Å². The minimum Gasteiger partial charge on any atom is -0.380 e. The molecule has 0 bridgehead atoms. The summed E-state index contributed by atoms with van der Waals surface area (Å²) < 4.78 is 5.48. The van der Waals surface area contributed by atoms with Gasteiger partial charge in [0.15, 0.2) is 0 Å². The molecule has 1 aliphatic rings. The fourth-order valence-electron chi connectivity index (χ4n) is 2.66. The Labute approximate surface area is 117 Å². The Morgan fingerprint density at radius 2 is 2.00 bits per heavy atom. The van der Waals surface area contributed by atoms with Crippen LogP contribution in [0.25, 0.3) is 0 Å². The molecule has 1 fully saturated rings. The van der Waals surface area contributed by atoms with Crippen LogP contribution in [0.3, 0.4) is 0 Å². The Morgan fingerprint density at radius 1 is 1.32 bits per heavy atom. The van der Waals surface area contributed by atoms with E-state index >= 15 is 0 Å². The molecule has 3 atom stereocenters. The molecule has 0 aliphatic carbocycles. The lowest BCUT2D eigenvalue weighted by Gasteiger charge is -2.32. The van der Waals surface area contributed by atoms with Crippen molar-refractivity contribution in [2.45, 2.75) is 72.1 Å². The van der Waals surface area contributed by atoms with Crippen LogP contribution in [0.2, 0.25) is 0 Å². The number of rotatable bonds is 8. The van der Waals surface area contributed by atoms with Gasteiger partial charge in [0.25, 0.3) is 0 Å². The number of amides is 1. The average Bonchev–Trinajstić information content (AvgIpc) is 2.71. The van der Waals surface area contributed by atoms with E-state index in [0.29, 0.717) is 19.1 Å². The van der Waals surface area contributed by atoms with Gasteiger partial charge >= 0.3 is 0 Å². The standard InChI is InChI=1S/C15H30N2O2/c1-6-8-9-13-15(18)17(12(5)10-19-7-2)14(16-13)11(3)4/h11-14,16H,6-10H2,1-5H3. The fraction of sp³-hybridized carbons (Fsp3) is 0.933. The summed E-state index contributed by atoms with van der Waals surface area (Å²) in [6, 6.07) is 0.135. The summed E-state index contributed by atoms with van der Waals surface area (Å²) in [7, 11) is 0. The van der Waals surface area contributed by atoms with E-state index in [1.54, 1.807) is 0 Å². The first kappa shape index (κ1) is 16.4. The molecule has 1 aliphatic heterocycles. The summed E-state index contributed by atoms with van der Waals surface area (Å²) in [5.74, 6) is 0.666. The molecule has 3 unspecified atom stereocenters. The van der Waals surface area contributed by atoms with Crippen LogP contribution in [0.4, 0.5) is 0 Å². The summed E-state index contributed by atoms with van der Waals surface area (Å²) in [4.78, 5) is 14.5. The van der Waals surface area contributed by atoms with Crippen molar-refractivity contribution in [1.82, 2.24) is 10.2 Å². The van der Waals surface area contributed by atoms with Crippen LogP contribution < -0.4 is 5.32 Å². The molecule has 1 saturated heterocycles. The Hall–Kier alpha value is -0.610. The van der Waals surface area contributed by atoms with Crippen molar-refractivity contribution >= 4 is 5.91 Å². The average molecular weight is 270 g/mol. The maximum absolute atomic E-state index is 12.5. The molecule has 4 heteroatoms. The first-order valence-electron chi connectivity index (χ1n) is 7.68. The largest absolute Gasteiger partial charge is 0.380 e. The van der Waals surface area contributed by atoms with Gasteiger partial charge in [0.2, 0.25) is 5.91 Å². The normalized spacial score (nSPS) is 25.4. The highest BCUT2D eigenvalue weighted by Gasteiger charge is 2.41. The highest BCUT2D eigenvalue weighted by atomic mass is 16.5. The molecule has 0 aromatic carbocycles. The van der Waals surface area contributed by atoms with Gasteiger partial charge in [0.05, 0.1) is 24.9 Å². The Bertz CT molecular complexity index is 281. The summed E-state index contributed by atoms with van der Waals surface area (Å²) in [5.41, 5.74) is 0. The zero-order valence-corrected chi connectivity index (χ0v) is 13.1. The quantitative estimate of drug-likeness (QED) is 0.736. The topological polar surface area (TPSA) is 41.6 Å². The molecule has 0 saturated carbocycles. The second-order valence-electron chi connectivity index (χ2n) is 5.80. The van der Waals surface area contributed by atoms with Crippen molar-refractivity contribution < 1.29 is 9.53 Å². The van der Waals surface area contributed by atoms with Gasteiger partial charge in [0, 0.05) is 6.61 Å². The van der Waals surface area contributed by atoms with Gasteiger partial charge in [-0.2, -0.15) is 0 Å². The second-order valence-corrected chi connectivity index (χ2v) is 5.80. The number of ether oxygens (including phenoxy) is 1. The van der Waals surface area contributed by atoms with E-state index in [9.17, 15) is 4.79 Å². The monoisotopic (exact) mass is 270 g/mol. The smallest absolute Gasteiger partial charge is 0.241 e. The molecule has 112 valence electrons. The number of carbonyl (C=O) groups excluding carboxylic acids is 1. The van der Waals surface area contributed by atoms with Crippen LogP contribution in [-0.2, 0) is 9.53 Å². The van der Waals surface area contributed by atoms with E-state index in [1.807, 2.05) is 11.8 Å². The van der Waals surface area contributed by atoms with Crippen LogP contribution in [0, 0.1) is 5.92 Å². The molecule has 1 rings (SSSR count). The zero-order valence-electron chi connectivity index (χ0n) is 13.1. The van der Waals surface area contributed by atoms with Crippen LogP contribution in [0.15, 0.2) is 0 Å².